The molecule has 0 unspecified atom stereocenters. The molecule has 102 valence electrons. The number of aromatic nitrogens is 1. The zero-order valence-electron chi connectivity index (χ0n) is 11.5. The molecule has 0 aliphatic carbocycles. The first-order valence-corrected chi connectivity index (χ1v) is 6.50. The monoisotopic (exact) mass is 271 g/mol. The summed E-state index contributed by atoms with van der Waals surface area (Å²) in [6, 6.07) is 3.72. The van der Waals surface area contributed by atoms with Gasteiger partial charge in [-0.05, 0) is 40.0 Å². The van der Waals surface area contributed by atoms with Gasteiger partial charge in [-0.2, -0.15) is 0 Å². The Morgan fingerprint density at radius 1 is 1.44 bits per heavy atom. The quantitative estimate of drug-likeness (QED) is 0.834. The molecule has 0 aliphatic rings. The second-order valence-electron chi connectivity index (χ2n) is 4.98. The fourth-order valence-corrected chi connectivity index (χ4v) is 1.60. The van der Waals surface area contributed by atoms with E-state index in [-0.39, 0.29) is 12.1 Å². The van der Waals surface area contributed by atoms with Crippen molar-refractivity contribution in [3.8, 4) is 0 Å². The largest absolute Gasteiger partial charge is 0.394 e. The van der Waals surface area contributed by atoms with E-state index in [1.54, 1.807) is 0 Å². The Balaban J connectivity index is 2.86. The number of nitrogens with one attached hydrogen (secondary N) is 1. The van der Waals surface area contributed by atoms with Crippen LogP contribution in [0.4, 0.5) is 5.82 Å². The van der Waals surface area contributed by atoms with Crippen LogP contribution in [-0.4, -0.2) is 40.7 Å². The third-order valence-electron chi connectivity index (χ3n) is 3.08. The van der Waals surface area contributed by atoms with Crippen LogP contribution in [0.3, 0.4) is 0 Å². The Morgan fingerprint density at radius 2 is 2.11 bits per heavy atom. The predicted octanol–water partition coefficient (Wildman–Crippen LogP) is 2.37. The van der Waals surface area contributed by atoms with Gasteiger partial charge in [-0.3, -0.25) is 4.90 Å². The van der Waals surface area contributed by atoms with Crippen molar-refractivity contribution in [2.75, 3.05) is 25.5 Å². The molecule has 1 rings (SSSR count). The number of aliphatic hydroxyl groups is 1. The minimum Gasteiger partial charge on any atom is -0.394 e. The zero-order chi connectivity index (χ0) is 13.8. The van der Waals surface area contributed by atoms with Crippen LogP contribution in [0.2, 0.25) is 5.02 Å². The van der Waals surface area contributed by atoms with Gasteiger partial charge in [0, 0.05) is 18.6 Å². The molecule has 1 heterocycles. The summed E-state index contributed by atoms with van der Waals surface area (Å²) in [5.74, 6) is 0.826. The Hall–Kier alpha value is -0.840. The second kappa shape index (κ2) is 6.36. The van der Waals surface area contributed by atoms with Crippen molar-refractivity contribution in [3.05, 3.63) is 22.8 Å². The van der Waals surface area contributed by atoms with Crippen molar-refractivity contribution in [2.45, 2.75) is 32.9 Å². The molecule has 0 amide bonds. The first-order chi connectivity index (χ1) is 8.40. The van der Waals surface area contributed by atoms with Crippen LogP contribution in [-0.2, 0) is 6.54 Å². The third kappa shape index (κ3) is 3.83. The maximum Gasteiger partial charge on any atom is 0.126 e. The lowest BCUT2D eigenvalue weighted by Crippen LogP contribution is -2.43. The van der Waals surface area contributed by atoms with Crippen molar-refractivity contribution < 1.29 is 5.11 Å². The first-order valence-electron chi connectivity index (χ1n) is 6.12. The molecule has 1 aromatic rings. The number of hydrogen-bond acceptors (Lipinski definition) is 4. The van der Waals surface area contributed by atoms with Crippen LogP contribution in [0, 0.1) is 0 Å². The summed E-state index contributed by atoms with van der Waals surface area (Å²) in [6.07, 6.45) is 0. The average molecular weight is 272 g/mol. The molecular formula is C13H22ClN3O. The van der Waals surface area contributed by atoms with E-state index in [0.29, 0.717) is 11.6 Å². The number of hydrogen-bond donors (Lipinski definition) is 2. The summed E-state index contributed by atoms with van der Waals surface area (Å²) in [5.41, 5.74) is 0.526. The molecule has 0 radical (unpaired) electrons. The summed E-state index contributed by atoms with van der Waals surface area (Å²) in [7, 11) is 1.95. The Morgan fingerprint density at radius 3 is 2.67 bits per heavy atom. The number of aliphatic hydroxyl groups excluding tert-OH is 1. The van der Waals surface area contributed by atoms with E-state index in [9.17, 15) is 5.11 Å². The Bertz CT molecular complexity index is 396. The van der Waals surface area contributed by atoms with Crippen molar-refractivity contribution >= 4 is 17.4 Å². The molecule has 1 aromatic heterocycles. The van der Waals surface area contributed by atoms with Crippen LogP contribution in [0.5, 0.6) is 0 Å². The molecule has 0 spiro atoms. The van der Waals surface area contributed by atoms with Crippen molar-refractivity contribution in [1.82, 2.24) is 9.88 Å². The van der Waals surface area contributed by atoms with Gasteiger partial charge in [0.05, 0.1) is 17.3 Å². The van der Waals surface area contributed by atoms with Crippen LogP contribution >= 0.6 is 11.6 Å². The van der Waals surface area contributed by atoms with Crippen LogP contribution in [0.15, 0.2) is 12.1 Å². The maximum atomic E-state index is 9.34. The number of likely N-dealkylation sites (N-methyl/N-ethyl adjacent to an activating group) is 1. The van der Waals surface area contributed by atoms with Gasteiger partial charge in [-0.1, -0.05) is 11.6 Å². The van der Waals surface area contributed by atoms with Gasteiger partial charge in [0.25, 0.3) is 0 Å². The van der Waals surface area contributed by atoms with Crippen molar-refractivity contribution in [1.29, 1.82) is 0 Å². The number of anilines is 1. The topological polar surface area (TPSA) is 48.4 Å². The van der Waals surface area contributed by atoms with Crippen molar-refractivity contribution in [2.24, 2.45) is 0 Å². The van der Waals surface area contributed by atoms with E-state index >= 15 is 0 Å². The van der Waals surface area contributed by atoms with Gasteiger partial charge in [0.2, 0.25) is 0 Å². The molecule has 0 atom stereocenters. The molecule has 18 heavy (non-hydrogen) atoms. The van der Waals surface area contributed by atoms with Crippen LogP contribution < -0.4 is 5.32 Å². The molecule has 0 saturated heterocycles. The molecule has 0 saturated carbocycles. The minimum atomic E-state index is -0.292. The van der Waals surface area contributed by atoms with Gasteiger partial charge < -0.3 is 10.4 Å². The fourth-order valence-electron chi connectivity index (χ4n) is 1.43. The lowest BCUT2D eigenvalue weighted by atomic mass is 10.1. The lowest BCUT2D eigenvalue weighted by molar-refractivity contribution is 0.0725. The predicted molar refractivity (Wildman–Crippen MR) is 76.0 cm³/mol. The van der Waals surface area contributed by atoms with Gasteiger partial charge in [-0.15, -0.1) is 0 Å². The summed E-state index contributed by atoms with van der Waals surface area (Å²) in [5, 5.41) is 13.2. The number of nitrogens with zero attached hydrogens (tertiary/aromatic N) is 2. The van der Waals surface area contributed by atoms with Gasteiger partial charge >= 0.3 is 0 Å². The van der Waals surface area contributed by atoms with Crippen molar-refractivity contribution in [3.63, 3.8) is 0 Å². The first kappa shape index (κ1) is 15.2. The maximum absolute atomic E-state index is 9.34. The summed E-state index contributed by atoms with van der Waals surface area (Å²) >= 11 is 6.15. The Kier molecular flexibility index (Phi) is 5.38. The molecule has 0 aliphatic heterocycles. The molecule has 5 heteroatoms. The van der Waals surface area contributed by atoms with E-state index in [0.717, 1.165) is 18.1 Å². The molecular weight excluding hydrogens is 250 g/mol. The SMILES string of the molecule is CCNc1ccc(Cl)c(CN(C)C(C)(C)CO)n1. The highest BCUT2D eigenvalue weighted by molar-refractivity contribution is 6.31. The van der Waals surface area contributed by atoms with Gasteiger partial charge in [0.15, 0.2) is 0 Å². The van der Waals surface area contributed by atoms with Gasteiger partial charge in [-0.25, -0.2) is 4.98 Å². The van der Waals surface area contributed by atoms with Crippen LogP contribution in [0.1, 0.15) is 26.5 Å². The molecule has 0 fully saturated rings. The molecule has 0 aromatic carbocycles. The summed E-state index contributed by atoms with van der Waals surface area (Å²) in [4.78, 5) is 6.52. The Labute approximate surface area is 114 Å². The highest BCUT2D eigenvalue weighted by Gasteiger charge is 2.23. The summed E-state index contributed by atoms with van der Waals surface area (Å²) in [6.45, 7) is 7.51. The van der Waals surface area contributed by atoms with E-state index < -0.39 is 0 Å². The average Bonchev–Trinajstić information content (AvgIpc) is 2.33. The third-order valence-corrected chi connectivity index (χ3v) is 3.43. The molecule has 4 nitrogen and oxygen atoms in total. The van der Waals surface area contributed by atoms with E-state index in [1.807, 2.05) is 44.9 Å². The highest BCUT2D eigenvalue weighted by atomic mass is 35.5. The fraction of sp³-hybridized carbons (Fsp3) is 0.615. The van der Waals surface area contributed by atoms with E-state index in [2.05, 4.69) is 10.3 Å². The normalized spacial score (nSPS) is 11.9. The van der Waals surface area contributed by atoms with Crippen LogP contribution in [0.25, 0.3) is 0 Å². The number of halogens is 1. The molecule has 2 N–H and O–H groups in total. The number of pyridine rings is 1. The summed E-state index contributed by atoms with van der Waals surface area (Å²) < 4.78 is 0. The highest BCUT2D eigenvalue weighted by Crippen LogP contribution is 2.21. The zero-order valence-corrected chi connectivity index (χ0v) is 12.3. The standard InChI is InChI=1S/C13H22ClN3O/c1-5-15-12-7-6-10(14)11(16-12)8-17(4)13(2,3)9-18/h6-7,18H,5,8-9H2,1-4H3,(H,15,16). The lowest BCUT2D eigenvalue weighted by Gasteiger charge is -2.33. The minimum absolute atomic E-state index is 0.0913. The smallest absolute Gasteiger partial charge is 0.126 e. The number of rotatable bonds is 6. The van der Waals surface area contributed by atoms with E-state index in [4.69, 9.17) is 11.6 Å². The van der Waals surface area contributed by atoms with E-state index in [1.165, 1.54) is 0 Å². The molecule has 0 bridgehead atoms. The van der Waals surface area contributed by atoms with Gasteiger partial charge in [0.1, 0.15) is 5.82 Å². The second-order valence-corrected chi connectivity index (χ2v) is 5.39.